The van der Waals surface area contributed by atoms with Gasteiger partial charge in [0.2, 0.25) is 11.4 Å². The molecule has 3 aliphatic heterocycles. The molecular weight excluding hydrogens is 330 g/mol. The van der Waals surface area contributed by atoms with Crippen LogP contribution in [0.25, 0.3) is 0 Å². The van der Waals surface area contributed by atoms with E-state index in [1.165, 1.54) is 6.92 Å². The van der Waals surface area contributed by atoms with Gasteiger partial charge in [0.1, 0.15) is 12.6 Å². The Bertz CT molecular complexity index is 635. The second kappa shape index (κ2) is 6.00. The van der Waals surface area contributed by atoms with E-state index in [1.54, 1.807) is 4.58 Å². The summed E-state index contributed by atoms with van der Waals surface area (Å²) in [5.74, 6) is -2.22. The molecule has 0 aliphatic carbocycles. The Hall–Kier alpha value is -2.11. The molecule has 1 fully saturated rings. The van der Waals surface area contributed by atoms with Gasteiger partial charge in [-0.2, -0.15) is 0 Å². The molecule has 0 radical (unpaired) electrons. The van der Waals surface area contributed by atoms with Gasteiger partial charge in [-0.3, -0.25) is 15.8 Å². The van der Waals surface area contributed by atoms with Gasteiger partial charge in [0.05, 0.1) is 6.04 Å². The third-order valence-electron chi connectivity index (χ3n) is 5.07. The molecular formula is C14H26N7O4+. The number of guanidine groups is 2. The largest absolute Gasteiger partial charge is 0.462 e. The average molecular weight is 356 g/mol. The van der Waals surface area contributed by atoms with Crippen LogP contribution >= 0.6 is 0 Å². The van der Waals surface area contributed by atoms with Crippen molar-refractivity contribution in [3.63, 3.8) is 0 Å². The fourth-order valence-electron chi connectivity index (χ4n) is 4.13. The summed E-state index contributed by atoms with van der Waals surface area (Å²) in [7, 11) is 1.82. The van der Waals surface area contributed by atoms with Gasteiger partial charge in [0, 0.05) is 13.3 Å². The molecule has 0 bridgehead atoms. The van der Waals surface area contributed by atoms with Crippen molar-refractivity contribution in [2.45, 2.75) is 49.3 Å². The van der Waals surface area contributed by atoms with Crippen molar-refractivity contribution in [2.75, 3.05) is 20.2 Å². The Morgan fingerprint density at radius 1 is 1.52 bits per heavy atom. The van der Waals surface area contributed by atoms with E-state index < -0.39 is 29.5 Å². The Morgan fingerprint density at radius 2 is 2.24 bits per heavy atom. The molecule has 3 heterocycles. The maximum absolute atomic E-state index is 11.2. The molecule has 0 amide bonds. The van der Waals surface area contributed by atoms with Gasteiger partial charge in [0.25, 0.3) is 0 Å². The fourth-order valence-corrected chi connectivity index (χ4v) is 4.13. The lowest BCUT2D eigenvalue weighted by atomic mass is 9.87. The zero-order valence-electron chi connectivity index (χ0n) is 14.3. The van der Waals surface area contributed by atoms with Crippen molar-refractivity contribution in [2.24, 2.45) is 16.5 Å². The summed E-state index contributed by atoms with van der Waals surface area (Å²) in [4.78, 5) is 15.5. The monoisotopic (exact) mass is 356 g/mol. The molecule has 25 heavy (non-hydrogen) atoms. The first kappa shape index (κ1) is 17.7. The second-order valence-electron chi connectivity index (χ2n) is 6.73. The first-order valence-corrected chi connectivity index (χ1v) is 8.25. The zero-order chi connectivity index (χ0) is 18.4. The third kappa shape index (κ3) is 2.58. The lowest BCUT2D eigenvalue weighted by molar-refractivity contribution is -0.649. The van der Waals surface area contributed by atoms with Crippen molar-refractivity contribution >= 4 is 17.9 Å². The van der Waals surface area contributed by atoms with Crippen molar-refractivity contribution in [1.29, 1.82) is 0 Å². The van der Waals surface area contributed by atoms with E-state index in [4.69, 9.17) is 16.2 Å². The normalized spacial score (nSPS) is 35.4. The van der Waals surface area contributed by atoms with Crippen LogP contribution in [0, 0.1) is 0 Å². The number of nitrogens with two attached hydrogens (primary N) is 2. The van der Waals surface area contributed by atoms with Crippen LogP contribution in [0.4, 0.5) is 0 Å². The number of hydrogen-bond donors (Lipinski definition) is 7. The number of hydrogen-bond acceptors (Lipinski definition) is 10. The number of nitrogens with one attached hydrogen (secondary N) is 3. The van der Waals surface area contributed by atoms with E-state index in [0.717, 1.165) is 0 Å². The summed E-state index contributed by atoms with van der Waals surface area (Å²) in [6.07, 6.45) is 0.718. The summed E-state index contributed by atoms with van der Waals surface area (Å²) >= 11 is 0. The van der Waals surface area contributed by atoms with Crippen LogP contribution in [-0.2, 0) is 9.53 Å². The van der Waals surface area contributed by atoms with Crippen LogP contribution in [0.15, 0.2) is 4.99 Å². The quantitative estimate of drug-likeness (QED) is 0.147. The highest BCUT2D eigenvalue weighted by atomic mass is 16.5. The van der Waals surface area contributed by atoms with Gasteiger partial charge in [-0.15, -0.1) is 0 Å². The van der Waals surface area contributed by atoms with Crippen molar-refractivity contribution in [1.82, 2.24) is 16.0 Å². The Morgan fingerprint density at radius 3 is 2.88 bits per heavy atom. The van der Waals surface area contributed by atoms with Gasteiger partial charge in [-0.25, -0.2) is 9.57 Å². The van der Waals surface area contributed by atoms with Crippen molar-refractivity contribution < 1.29 is 24.3 Å². The molecule has 11 nitrogen and oxygen atoms in total. The number of nitrogens with zero attached hydrogens (tertiary/aromatic N) is 2. The standard InChI is InChI=1S/C14H25N7O4/c1-7(22)25-6-9-10-14(20-11(15)19-10)13(23,24)5-8(3-4-17-2)21(14)12(16)18-9/h8-10,17,23-24H,3-6H2,1-2H3,(H5,15,16,18,19,20)/p+1/t8-,9-,10-,14-/m0/s1. The lowest BCUT2D eigenvalue weighted by Crippen LogP contribution is -2.78. The predicted octanol–water partition coefficient (Wildman–Crippen LogP) is -4.11. The molecule has 4 atom stereocenters. The zero-order valence-corrected chi connectivity index (χ0v) is 14.3. The molecule has 0 saturated carbocycles. The number of carbonyl (C=O) groups excluding carboxylic acids is 1. The highest BCUT2D eigenvalue weighted by Crippen LogP contribution is 2.44. The van der Waals surface area contributed by atoms with Gasteiger partial charge in [0.15, 0.2) is 12.0 Å². The molecule has 0 aromatic rings. The number of rotatable bonds is 5. The number of carbonyl (C=O) groups is 1. The Labute approximate surface area is 145 Å². The summed E-state index contributed by atoms with van der Waals surface area (Å²) in [6, 6.07) is -1.48. The fraction of sp³-hybridized carbons (Fsp3) is 0.786. The molecule has 9 N–H and O–H groups in total. The molecule has 1 spiro atoms. The van der Waals surface area contributed by atoms with Gasteiger partial charge in [-0.1, -0.05) is 0 Å². The molecule has 0 aromatic heterocycles. The number of aliphatic imine (C=N–C) groups is 1. The Balaban J connectivity index is 2.02. The SMILES string of the molecule is CNCC[C@H]1CC(O)(O)[C@]23NC(N)=N[C@H]2[C@H](COC(C)=O)NC(N)=[N+]13. The number of esters is 1. The molecule has 3 rings (SSSR count). The average Bonchev–Trinajstić information content (AvgIpc) is 2.98. The molecule has 3 aliphatic rings. The molecule has 11 heteroatoms. The smallest absolute Gasteiger partial charge is 0.346 e. The maximum Gasteiger partial charge on any atom is 0.346 e. The van der Waals surface area contributed by atoms with Crippen LogP contribution in [0.3, 0.4) is 0 Å². The molecule has 0 aromatic carbocycles. The van der Waals surface area contributed by atoms with Crippen LogP contribution in [0.5, 0.6) is 0 Å². The van der Waals surface area contributed by atoms with E-state index in [-0.39, 0.29) is 31.0 Å². The summed E-state index contributed by atoms with van der Waals surface area (Å²) < 4.78 is 6.79. The van der Waals surface area contributed by atoms with Crippen LogP contribution in [0.2, 0.25) is 0 Å². The summed E-state index contributed by atoms with van der Waals surface area (Å²) in [5.41, 5.74) is 10.7. The highest BCUT2D eigenvalue weighted by Gasteiger charge is 2.73. The van der Waals surface area contributed by atoms with E-state index in [1.807, 2.05) is 7.05 Å². The summed E-state index contributed by atoms with van der Waals surface area (Å²) in [6.45, 7) is 1.96. The first-order valence-electron chi connectivity index (χ1n) is 8.25. The minimum Gasteiger partial charge on any atom is -0.462 e. The molecule has 1 saturated heterocycles. The van der Waals surface area contributed by atoms with Gasteiger partial charge >= 0.3 is 11.9 Å². The van der Waals surface area contributed by atoms with Gasteiger partial charge < -0.3 is 31.3 Å². The van der Waals surface area contributed by atoms with E-state index >= 15 is 0 Å². The van der Waals surface area contributed by atoms with Crippen molar-refractivity contribution in [3.05, 3.63) is 0 Å². The van der Waals surface area contributed by atoms with Crippen molar-refractivity contribution in [3.8, 4) is 0 Å². The molecule has 0 unspecified atom stereocenters. The maximum atomic E-state index is 11.2. The first-order chi connectivity index (χ1) is 11.7. The summed E-state index contributed by atoms with van der Waals surface area (Å²) in [5, 5.41) is 30.7. The van der Waals surface area contributed by atoms with Crippen LogP contribution in [0.1, 0.15) is 19.8 Å². The van der Waals surface area contributed by atoms with E-state index in [9.17, 15) is 15.0 Å². The lowest BCUT2D eigenvalue weighted by Gasteiger charge is -2.43. The third-order valence-corrected chi connectivity index (χ3v) is 5.07. The number of ether oxygens (including phenoxy) is 1. The topological polar surface area (TPSA) is 170 Å². The molecule has 140 valence electrons. The highest BCUT2D eigenvalue weighted by molar-refractivity contribution is 5.83. The second-order valence-corrected chi connectivity index (χ2v) is 6.73. The minimum atomic E-state index is -2.12. The van der Waals surface area contributed by atoms with E-state index in [2.05, 4.69) is 20.9 Å². The minimum absolute atomic E-state index is 0.0218. The predicted molar refractivity (Wildman–Crippen MR) is 88.4 cm³/mol. The van der Waals surface area contributed by atoms with Crippen LogP contribution in [-0.4, -0.2) is 82.5 Å². The Kier molecular flexibility index (Phi) is 4.25. The van der Waals surface area contributed by atoms with Gasteiger partial charge in [-0.05, 0) is 20.0 Å². The van der Waals surface area contributed by atoms with Crippen LogP contribution < -0.4 is 27.4 Å². The van der Waals surface area contributed by atoms with E-state index in [0.29, 0.717) is 13.0 Å². The number of aliphatic hydroxyl groups is 2.